The van der Waals surface area contributed by atoms with Crippen molar-refractivity contribution in [2.24, 2.45) is 5.92 Å². The van der Waals surface area contributed by atoms with E-state index in [0.29, 0.717) is 12.0 Å². The molecule has 0 bridgehead atoms. The predicted octanol–water partition coefficient (Wildman–Crippen LogP) is 1.83. The summed E-state index contributed by atoms with van der Waals surface area (Å²) in [5.74, 6) is 0.566. The number of hydrogen-bond acceptors (Lipinski definition) is 3. The summed E-state index contributed by atoms with van der Waals surface area (Å²) in [5, 5.41) is 3.30. The number of nitrogens with one attached hydrogen (secondary N) is 1. The van der Waals surface area contributed by atoms with Crippen LogP contribution in [0.4, 0.5) is 0 Å². The molecule has 112 valence electrons. The molecule has 0 saturated carbocycles. The van der Waals surface area contributed by atoms with Gasteiger partial charge in [0.15, 0.2) is 0 Å². The van der Waals surface area contributed by atoms with Gasteiger partial charge in [0.25, 0.3) is 0 Å². The number of ether oxygens (including phenoxy) is 1. The molecule has 2 heterocycles. The molecule has 2 rings (SSSR count). The molecule has 1 unspecified atom stereocenters. The van der Waals surface area contributed by atoms with Crippen LogP contribution >= 0.6 is 12.4 Å². The van der Waals surface area contributed by atoms with E-state index in [4.69, 9.17) is 4.74 Å². The second-order valence-electron chi connectivity index (χ2n) is 5.56. The number of carbonyl (C=O) groups is 1. The summed E-state index contributed by atoms with van der Waals surface area (Å²) in [5.41, 5.74) is 0. The lowest BCUT2D eigenvalue weighted by atomic mass is 9.96. The Morgan fingerprint density at radius 2 is 2.00 bits per heavy atom. The molecule has 0 radical (unpaired) electrons. The highest BCUT2D eigenvalue weighted by Gasteiger charge is 2.24. The van der Waals surface area contributed by atoms with Gasteiger partial charge in [-0.25, -0.2) is 0 Å². The lowest BCUT2D eigenvalue weighted by molar-refractivity contribution is -0.135. The van der Waals surface area contributed by atoms with E-state index >= 15 is 0 Å². The lowest BCUT2D eigenvalue weighted by Gasteiger charge is -2.29. The molecule has 0 aromatic heterocycles. The van der Waals surface area contributed by atoms with Crippen LogP contribution in [0.5, 0.6) is 0 Å². The maximum atomic E-state index is 12.2. The first-order chi connectivity index (χ1) is 8.77. The van der Waals surface area contributed by atoms with Gasteiger partial charge in [0.05, 0.1) is 6.10 Å². The molecule has 0 aromatic rings. The van der Waals surface area contributed by atoms with Gasteiger partial charge in [-0.05, 0) is 51.6 Å². The Hall–Kier alpha value is -0.320. The first-order valence-electron chi connectivity index (χ1n) is 7.34. The molecule has 1 amide bonds. The Morgan fingerprint density at radius 1 is 1.26 bits per heavy atom. The van der Waals surface area contributed by atoms with Gasteiger partial charge in [0, 0.05) is 26.1 Å². The molecule has 1 atom stereocenters. The molecule has 1 N–H and O–H groups in total. The number of amides is 1. The van der Waals surface area contributed by atoms with Gasteiger partial charge in [-0.3, -0.25) is 4.79 Å². The molecule has 4 nitrogen and oxygen atoms in total. The predicted molar refractivity (Wildman–Crippen MR) is 78.7 cm³/mol. The number of halogens is 1. The summed E-state index contributed by atoms with van der Waals surface area (Å²) < 4.78 is 5.71. The third-order valence-corrected chi connectivity index (χ3v) is 4.13. The normalized spacial score (nSPS) is 24.6. The minimum Gasteiger partial charge on any atom is -0.378 e. The van der Waals surface area contributed by atoms with Crippen LogP contribution in [0.1, 0.15) is 38.5 Å². The van der Waals surface area contributed by atoms with Gasteiger partial charge in [0.1, 0.15) is 0 Å². The Kier molecular flexibility index (Phi) is 7.73. The monoisotopic (exact) mass is 290 g/mol. The topological polar surface area (TPSA) is 41.6 Å². The smallest absolute Gasteiger partial charge is 0.225 e. The molecule has 0 aromatic carbocycles. The SMILES string of the molecule is CN(CCC1CCCCO1)C(=O)C1CCNCC1.Cl. The van der Waals surface area contributed by atoms with Crippen molar-refractivity contribution in [3.8, 4) is 0 Å². The van der Waals surface area contributed by atoms with Crippen LogP contribution in [0, 0.1) is 5.92 Å². The zero-order chi connectivity index (χ0) is 12.8. The molecule has 2 aliphatic rings. The quantitative estimate of drug-likeness (QED) is 0.859. The van der Waals surface area contributed by atoms with E-state index in [0.717, 1.165) is 51.9 Å². The summed E-state index contributed by atoms with van der Waals surface area (Å²) in [7, 11) is 1.94. The fourth-order valence-electron chi connectivity index (χ4n) is 2.86. The van der Waals surface area contributed by atoms with Crippen molar-refractivity contribution in [2.45, 2.75) is 44.6 Å². The van der Waals surface area contributed by atoms with Crippen LogP contribution in [-0.2, 0) is 9.53 Å². The second kappa shape index (κ2) is 8.77. The summed E-state index contributed by atoms with van der Waals surface area (Å²) in [6.07, 6.45) is 6.98. The molecular weight excluding hydrogens is 264 g/mol. The van der Waals surface area contributed by atoms with Gasteiger partial charge >= 0.3 is 0 Å². The van der Waals surface area contributed by atoms with E-state index in [1.54, 1.807) is 0 Å². The van der Waals surface area contributed by atoms with Crippen LogP contribution < -0.4 is 5.32 Å². The third kappa shape index (κ3) is 5.28. The Labute approximate surface area is 122 Å². The van der Waals surface area contributed by atoms with Gasteiger partial charge in [-0.15, -0.1) is 12.4 Å². The zero-order valence-corrected chi connectivity index (χ0v) is 12.7. The molecular formula is C14H27ClN2O2. The van der Waals surface area contributed by atoms with Crippen LogP contribution in [0.25, 0.3) is 0 Å². The molecule has 2 aliphatic heterocycles. The highest BCUT2D eigenvalue weighted by atomic mass is 35.5. The number of nitrogens with zero attached hydrogens (tertiary/aromatic N) is 1. The molecule has 0 aliphatic carbocycles. The molecule has 2 saturated heterocycles. The summed E-state index contributed by atoms with van der Waals surface area (Å²) in [6, 6.07) is 0. The van der Waals surface area contributed by atoms with Gasteiger partial charge in [-0.2, -0.15) is 0 Å². The first-order valence-corrected chi connectivity index (χ1v) is 7.34. The highest BCUT2D eigenvalue weighted by molar-refractivity contribution is 5.85. The van der Waals surface area contributed by atoms with Crippen LogP contribution in [0.2, 0.25) is 0 Å². The third-order valence-electron chi connectivity index (χ3n) is 4.13. The fourth-order valence-corrected chi connectivity index (χ4v) is 2.86. The van der Waals surface area contributed by atoms with Crippen molar-refractivity contribution in [1.29, 1.82) is 0 Å². The average molecular weight is 291 g/mol. The summed E-state index contributed by atoms with van der Waals surface area (Å²) in [6.45, 7) is 3.70. The maximum absolute atomic E-state index is 12.2. The Morgan fingerprint density at radius 3 is 2.63 bits per heavy atom. The van der Waals surface area contributed by atoms with Crippen molar-refractivity contribution in [2.75, 3.05) is 33.3 Å². The van der Waals surface area contributed by atoms with E-state index in [-0.39, 0.29) is 18.3 Å². The number of rotatable bonds is 4. The maximum Gasteiger partial charge on any atom is 0.225 e. The minimum absolute atomic E-state index is 0. The van der Waals surface area contributed by atoms with Crippen molar-refractivity contribution >= 4 is 18.3 Å². The largest absolute Gasteiger partial charge is 0.378 e. The standard InChI is InChI=1S/C14H26N2O2.ClH/c1-16(10-7-13-4-2-3-11-18-13)14(17)12-5-8-15-9-6-12;/h12-13,15H,2-11H2,1H3;1H. The highest BCUT2D eigenvalue weighted by Crippen LogP contribution is 2.18. The summed E-state index contributed by atoms with van der Waals surface area (Å²) in [4.78, 5) is 14.1. The van der Waals surface area contributed by atoms with Crippen molar-refractivity contribution in [3.05, 3.63) is 0 Å². The molecule has 2 fully saturated rings. The van der Waals surface area contributed by atoms with E-state index in [1.807, 2.05) is 11.9 Å². The van der Waals surface area contributed by atoms with Gasteiger partial charge in [-0.1, -0.05) is 0 Å². The van der Waals surface area contributed by atoms with Crippen molar-refractivity contribution < 1.29 is 9.53 Å². The fraction of sp³-hybridized carbons (Fsp3) is 0.929. The van der Waals surface area contributed by atoms with E-state index in [1.165, 1.54) is 12.8 Å². The van der Waals surface area contributed by atoms with E-state index < -0.39 is 0 Å². The lowest BCUT2D eigenvalue weighted by Crippen LogP contribution is -2.40. The zero-order valence-electron chi connectivity index (χ0n) is 11.9. The number of piperidine rings is 1. The second-order valence-corrected chi connectivity index (χ2v) is 5.56. The molecule has 5 heteroatoms. The first kappa shape index (κ1) is 16.7. The van der Waals surface area contributed by atoms with Crippen molar-refractivity contribution in [1.82, 2.24) is 10.2 Å². The Balaban J connectivity index is 0.00000180. The van der Waals surface area contributed by atoms with Crippen LogP contribution in [0.15, 0.2) is 0 Å². The van der Waals surface area contributed by atoms with Gasteiger partial charge < -0.3 is 15.0 Å². The average Bonchev–Trinajstić information content (AvgIpc) is 2.46. The molecule has 19 heavy (non-hydrogen) atoms. The minimum atomic E-state index is 0. The van der Waals surface area contributed by atoms with Gasteiger partial charge in [0.2, 0.25) is 5.91 Å². The Bertz CT molecular complexity index is 264. The van der Waals surface area contributed by atoms with Crippen LogP contribution in [-0.4, -0.2) is 50.2 Å². The van der Waals surface area contributed by atoms with Crippen molar-refractivity contribution in [3.63, 3.8) is 0 Å². The number of hydrogen-bond donors (Lipinski definition) is 1. The molecule has 0 spiro atoms. The summed E-state index contributed by atoms with van der Waals surface area (Å²) >= 11 is 0. The number of carbonyl (C=O) groups excluding carboxylic acids is 1. The van der Waals surface area contributed by atoms with E-state index in [9.17, 15) is 4.79 Å². The van der Waals surface area contributed by atoms with Crippen LogP contribution in [0.3, 0.4) is 0 Å². The van der Waals surface area contributed by atoms with E-state index in [2.05, 4.69) is 5.32 Å².